The third-order valence-electron chi connectivity index (χ3n) is 2.86. The monoisotopic (exact) mass is 373 g/mol. The maximum absolute atomic E-state index is 11.9. The van der Waals surface area contributed by atoms with Gasteiger partial charge >= 0.3 is 6.03 Å². The van der Waals surface area contributed by atoms with Gasteiger partial charge in [-0.25, -0.2) is 18.4 Å². The fraction of sp³-hybridized carbons (Fsp3) is 0.0714. The largest absolute Gasteiger partial charge is 0.334 e. The SMILES string of the molecule is NS(=O)(=O)c1cccc(CNC(=O)Nc2cc(Cl)ccc2Cl)c1. The number of nitrogens with two attached hydrogens (primary N) is 1. The highest BCUT2D eigenvalue weighted by atomic mass is 35.5. The summed E-state index contributed by atoms with van der Waals surface area (Å²) >= 11 is 11.8. The lowest BCUT2D eigenvalue weighted by atomic mass is 10.2. The topological polar surface area (TPSA) is 101 Å². The molecule has 23 heavy (non-hydrogen) atoms. The molecule has 0 heterocycles. The molecule has 4 N–H and O–H groups in total. The summed E-state index contributed by atoms with van der Waals surface area (Å²) in [5.41, 5.74) is 0.957. The average Bonchev–Trinajstić information content (AvgIpc) is 2.48. The first kappa shape index (κ1) is 17.6. The lowest BCUT2D eigenvalue weighted by molar-refractivity contribution is 0.251. The van der Waals surface area contributed by atoms with E-state index in [1.165, 1.54) is 18.2 Å². The first-order valence-electron chi connectivity index (χ1n) is 6.37. The fourth-order valence-corrected chi connectivity index (χ4v) is 2.70. The second-order valence-corrected chi connectivity index (χ2v) is 7.03. The van der Waals surface area contributed by atoms with E-state index in [1.807, 2.05) is 0 Å². The molecule has 0 aliphatic carbocycles. The number of carbonyl (C=O) groups excluding carboxylic acids is 1. The van der Waals surface area contributed by atoms with Crippen LogP contribution in [0.3, 0.4) is 0 Å². The van der Waals surface area contributed by atoms with Gasteiger partial charge in [0.25, 0.3) is 0 Å². The van der Waals surface area contributed by atoms with Crippen molar-refractivity contribution in [3.63, 3.8) is 0 Å². The molecule has 0 aliphatic heterocycles. The van der Waals surface area contributed by atoms with Gasteiger partial charge in [0.05, 0.1) is 15.6 Å². The molecule has 0 bridgehead atoms. The molecule has 0 spiro atoms. The van der Waals surface area contributed by atoms with E-state index >= 15 is 0 Å². The molecule has 0 aromatic heterocycles. The number of halogens is 2. The number of amides is 2. The molecule has 2 rings (SSSR count). The predicted octanol–water partition coefficient (Wildman–Crippen LogP) is 2.96. The number of nitrogens with one attached hydrogen (secondary N) is 2. The summed E-state index contributed by atoms with van der Waals surface area (Å²) in [5.74, 6) is 0. The maximum Gasteiger partial charge on any atom is 0.319 e. The Morgan fingerprint density at radius 1 is 1.13 bits per heavy atom. The standard InChI is InChI=1S/C14H13Cl2N3O3S/c15-10-4-5-12(16)13(7-10)19-14(20)18-8-9-2-1-3-11(6-9)23(17,21)22/h1-7H,8H2,(H2,17,21,22)(H2,18,19,20). The van der Waals surface area contributed by atoms with Crippen molar-refractivity contribution in [2.24, 2.45) is 5.14 Å². The van der Waals surface area contributed by atoms with Crippen molar-refractivity contribution in [2.45, 2.75) is 11.4 Å². The zero-order valence-corrected chi connectivity index (χ0v) is 14.0. The van der Waals surface area contributed by atoms with Crippen LogP contribution in [0.25, 0.3) is 0 Å². The minimum absolute atomic E-state index is 0.0184. The Morgan fingerprint density at radius 3 is 2.57 bits per heavy atom. The van der Waals surface area contributed by atoms with E-state index in [0.717, 1.165) is 0 Å². The number of primary sulfonamides is 1. The highest BCUT2D eigenvalue weighted by molar-refractivity contribution is 7.89. The second kappa shape index (κ2) is 7.18. The van der Waals surface area contributed by atoms with Crippen molar-refractivity contribution in [3.8, 4) is 0 Å². The molecule has 0 atom stereocenters. The van der Waals surface area contributed by atoms with Crippen LogP contribution in [0.4, 0.5) is 10.5 Å². The van der Waals surface area contributed by atoms with E-state index in [1.54, 1.807) is 24.3 Å². The zero-order valence-electron chi connectivity index (χ0n) is 11.7. The molecule has 0 fully saturated rings. The summed E-state index contributed by atoms with van der Waals surface area (Å²) in [4.78, 5) is 11.8. The maximum atomic E-state index is 11.9. The van der Waals surface area contributed by atoms with Gasteiger partial charge in [-0.2, -0.15) is 0 Å². The van der Waals surface area contributed by atoms with Gasteiger partial charge in [-0.05, 0) is 35.9 Å². The van der Waals surface area contributed by atoms with E-state index < -0.39 is 16.1 Å². The number of benzene rings is 2. The number of hydrogen-bond acceptors (Lipinski definition) is 3. The highest BCUT2D eigenvalue weighted by Gasteiger charge is 2.09. The van der Waals surface area contributed by atoms with Crippen LogP contribution in [0.1, 0.15) is 5.56 Å². The Kier molecular flexibility index (Phi) is 5.48. The van der Waals surface area contributed by atoms with Crippen LogP contribution in [-0.4, -0.2) is 14.4 Å². The molecule has 9 heteroatoms. The van der Waals surface area contributed by atoms with Crippen molar-refractivity contribution in [3.05, 3.63) is 58.1 Å². The van der Waals surface area contributed by atoms with Crippen LogP contribution in [0.2, 0.25) is 10.0 Å². The summed E-state index contributed by atoms with van der Waals surface area (Å²) in [6.07, 6.45) is 0. The van der Waals surface area contributed by atoms with Crippen molar-refractivity contribution in [2.75, 3.05) is 5.32 Å². The quantitative estimate of drug-likeness (QED) is 0.767. The smallest absolute Gasteiger partial charge is 0.319 e. The lowest BCUT2D eigenvalue weighted by Gasteiger charge is -2.10. The van der Waals surface area contributed by atoms with E-state index in [-0.39, 0.29) is 11.4 Å². The summed E-state index contributed by atoms with van der Waals surface area (Å²) in [7, 11) is -3.78. The van der Waals surface area contributed by atoms with Crippen LogP contribution >= 0.6 is 23.2 Å². The average molecular weight is 374 g/mol. The molecule has 0 aliphatic rings. The molecular formula is C14H13Cl2N3O3S. The summed E-state index contributed by atoms with van der Waals surface area (Å²) in [5, 5.41) is 11.0. The molecule has 6 nitrogen and oxygen atoms in total. The van der Waals surface area contributed by atoms with Gasteiger partial charge < -0.3 is 10.6 Å². The van der Waals surface area contributed by atoms with Gasteiger partial charge in [0.1, 0.15) is 0 Å². The number of sulfonamides is 1. The van der Waals surface area contributed by atoms with Crippen molar-refractivity contribution < 1.29 is 13.2 Å². The molecule has 0 saturated carbocycles. The Bertz CT molecular complexity index is 841. The first-order valence-corrected chi connectivity index (χ1v) is 8.67. The Balaban J connectivity index is 2.01. The third kappa shape index (κ3) is 5.11. The Morgan fingerprint density at radius 2 is 1.87 bits per heavy atom. The van der Waals surface area contributed by atoms with Gasteiger partial charge in [-0.1, -0.05) is 35.3 Å². The Hall–Kier alpha value is -1.80. The number of anilines is 1. The van der Waals surface area contributed by atoms with Crippen LogP contribution in [0.15, 0.2) is 47.4 Å². The van der Waals surface area contributed by atoms with Crippen LogP contribution in [0, 0.1) is 0 Å². The second-order valence-electron chi connectivity index (χ2n) is 4.62. The molecule has 0 saturated heterocycles. The molecule has 2 aromatic rings. The molecule has 122 valence electrons. The van der Waals surface area contributed by atoms with Crippen molar-refractivity contribution >= 4 is 44.9 Å². The normalized spacial score (nSPS) is 11.1. The predicted molar refractivity (Wildman–Crippen MR) is 90.1 cm³/mol. The van der Waals surface area contributed by atoms with Gasteiger partial charge in [0.2, 0.25) is 10.0 Å². The van der Waals surface area contributed by atoms with E-state index in [0.29, 0.717) is 21.3 Å². The van der Waals surface area contributed by atoms with E-state index in [4.69, 9.17) is 28.3 Å². The first-order chi connectivity index (χ1) is 10.8. The summed E-state index contributed by atoms with van der Waals surface area (Å²) in [6.45, 7) is 0.118. The highest BCUT2D eigenvalue weighted by Crippen LogP contribution is 2.25. The fourth-order valence-electron chi connectivity index (χ4n) is 1.77. The lowest BCUT2D eigenvalue weighted by Crippen LogP contribution is -2.28. The number of rotatable bonds is 4. The zero-order chi connectivity index (χ0) is 17.0. The van der Waals surface area contributed by atoms with Crippen LogP contribution < -0.4 is 15.8 Å². The van der Waals surface area contributed by atoms with Gasteiger partial charge in [0.15, 0.2) is 0 Å². The number of urea groups is 1. The molecule has 0 unspecified atom stereocenters. The third-order valence-corrected chi connectivity index (χ3v) is 4.33. The summed E-state index contributed by atoms with van der Waals surface area (Å²) in [6, 6.07) is 10.2. The molecule has 0 radical (unpaired) electrons. The number of carbonyl (C=O) groups is 1. The van der Waals surface area contributed by atoms with Gasteiger partial charge in [0, 0.05) is 11.6 Å². The molecular weight excluding hydrogens is 361 g/mol. The van der Waals surface area contributed by atoms with E-state index in [9.17, 15) is 13.2 Å². The summed E-state index contributed by atoms with van der Waals surface area (Å²) < 4.78 is 22.6. The van der Waals surface area contributed by atoms with Gasteiger partial charge in [-0.3, -0.25) is 0 Å². The van der Waals surface area contributed by atoms with Crippen molar-refractivity contribution in [1.82, 2.24) is 5.32 Å². The van der Waals surface area contributed by atoms with Gasteiger partial charge in [-0.15, -0.1) is 0 Å². The molecule has 2 amide bonds. The van der Waals surface area contributed by atoms with Crippen molar-refractivity contribution in [1.29, 1.82) is 0 Å². The molecule has 2 aromatic carbocycles. The number of hydrogen-bond donors (Lipinski definition) is 3. The van der Waals surface area contributed by atoms with Crippen LogP contribution in [-0.2, 0) is 16.6 Å². The van der Waals surface area contributed by atoms with Crippen LogP contribution in [0.5, 0.6) is 0 Å². The minimum atomic E-state index is -3.78. The minimum Gasteiger partial charge on any atom is -0.334 e. The van der Waals surface area contributed by atoms with E-state index in [2.05, 4.69) is 10.6 Å². The Labute approximate surface area is 143 Å².